The first-order valence-electron chi connectivity index (χ1n) is 8.10. The third-order valence-electron chi connectivity index (χ3n) is 5.02. The summed E-state index contributed by atoms with van der Waals surface area (Å²) in [6, 6.07) is 10.4. The van der Waals surface area contributed by atoms with Gasteiger partial charge in [0.1, 0.15) is 5.60 Å². The molecular weight excluding hydrogens is 260 g/mol. The zero-order chi connectivity index (χ0) is 15.3. The maximum absolute atomic E-state index is 12.6. The predicted molar refractivity (Wildman–Crippen MR) is 86.4 cm³/mol. The van der Waals surface area contributed by atoms with Crippen molar-refractivity contribution in [1.29, 1.82) is 0 Å². The molecule has 2 nitrogen and oxygen atoms in total. The van der Waals surface area contributed by atoms with Gasteiger partial charge in [0, 0.05) is 13.5 Å². The second kappa shape index (κ2) is 6.74. The highest BCUT2D eigenvalue weighted by Crippen LogP contribution is 2.42. The summed E-state index contributed by atoms with van der Waals surface area (Å²) in [6.07, 6.45) is 6.41. The smallest absolute Gasteiger partial charge is 0.164 e. The monoisotopic (exact) mass is 288 g/mol. The molecule has 0 aromatic heterocycles. The van der Waals surface area contributed by atoms with Crippen LogP contribution in [-0.2, 0) is 16.0 Å². The average Bonchev–Trinajstić information content (AvgIpc) is 2.49. The topological polar surface area (TPSA) is 26.3 Å². The summed E-state index contributed by atoms with van der Waals surface area (Å²) in [4.78, 5) is 12.6. The van der Waals surface area contributed by atoms with E-state index in [4.69, 9.17) is 4.74 Å². The minimum atomic E-state index is -0.508. The number of rotatable bonds is 6. The molecule has 0 saturated heterocycles. The Labute approximate surface area is 128 Å². The first-order chi connectivity index (χ1) is 9.97. The van der Waals surface area contributed by atoms with Gasteiger partial charge in [0.25, 0.3) is 0 Å². The summed E-state index contributed by atoms with van der Waals surface area (Å²) in [5.74, 6) is 0.302. The van der Waals surface area contributed by atoms with Crippen LogP contribution in [0, 0.1) is 5.41 Å². The van der Waals surface area contributed by atoms with Crippen molar-refractivity contribution in [2.45, 2.75) is 64.4 Å². The standard InChI is InChI=1S/C19H28O2/c1-18(2)12-14-19(21-3,15-13-18)17(20)11-7-10-16-8-5-4-6-9-16/h4-6,8-9H,7,10-15H2,1-3H3. The Balaban J connectivity index is 1.86. The number of aryl methyl sites for hydroxylation is 1. The maximum Gasteiger partial charge on any atom is 0.164 e. The van der Waals surface area contributed by atoms with E-state index in [0.29, 0.717) is 17.6 Å². The van der Waals surface area contributed by atoms with E-state index in [0.717, 1.165) is 38.5 Å². The Morgan fingerprint density at radius 1 is 1.10 bits per heavy atom. The number of ether oxygens (including phenoxy) is 1. The van der Waals surface area contributed by atoms with Crippen LogP contribution in [-0.4, -0.2) is 18.5 Å². The van der Waals surface area contributed by atoms with E-state index in [-0.39, 0.29) is 0 Å². The Morgan fingerprint density at radius 3 is 2.29 bits per heavy atom. The molecule has 1 saturated carbocycles. The van der Waals surface area contributed by atoms with Gasteiger partial charge in [0.15, 0.2) is 5.78 Å². The van der Waals surface area contributed by atoms with Crippen LogP contribution < -0.4 is 0 Å². The van der Waals surface area contributed by atoms with Gasteiger partial charge in [-0.3, -0.25) is 4.79 Å². The first-order valence-corrected chi connectivity index (χ1v) is 8.10. The Bertz CT molecular complexity index is 452. The zero-order valence-corrected chi connectivity index (χ0v) is 13.7. The van der Waals surface area contributed by atoms with Gasteiger partial charge in [0.2, 0.25) is 0 Å². The molecule has 0 aliphatic heterocycles. The fraction of sp³-hybridized carbons (Fsp3) is 0.632. The normalized spacial score (nSPS) is 20.1. The average molecular weight is 288 g/mol. The van der Waals surface area contributed by atoms with Gasteiger partial charge in [-0.2, -0.15) is 0 Å². The van der Waals surface area contributed by atoms with Gasteiger partial charge < -0.3 is 4.74 Å². The highest BCUT2D eigenvalue weighted by atomic mass is 16.5. The van der Waals surface area contributed by atoms with E-state index in [1.807, 2.05) is 6.07 Å². The first kappa shape index (κ1) is 16.2. The molecule has 1 aromatic carbocycles. The number of benzene rings is 1. The molecule has 1 aliphatic carbocycles. The highest BCUT2D eigenvalue weighted by molar-refractivity contribution is 5.87. The molecule has 1 aromatic rings. The van der Waals surface area contributed by atoms with Gasteiger partial charge in [-0.15, -0.1) is 0 Å². The number of methoxy groups -OCH3 is 1. The Kier molecular flexibility index (Phi) is 5.21. The minimum Gasteiger partial charge on any atom is -0.370 e. The predicted octanol–water partition coefficient (Wildman–Crippen LogP) is 4.56. The number of Topliss-reactive ketones (excluding diaryl/α,β-unsaturated/α-hetero) is 1. The lowest BCUT2D eigenvalue weighted by Gasteiger charge is -2.41. The fourth-order valence-corrected chi connectivity index (χ4v) is 3.25. The van der Waals surface area contributed by atoms with E-state index in [1.54, 1.807) is 7.11 Å². The van der Waals surface area contributed by atoms with Gasteiger partial charge in [-0.25, -0.2) is 0 Å². The molecule has 2 heteroatoms. The number of hydrogen-bond acceptors (Lipinski definition) is 2. The lowest BCUT2D eigenvalue weighted by atomic mass is 9.69. The van der Waals surface area contributed by atoms with Crippen molar-refractivity contribution in [3.8, 4) is 0 Å². The van der Waals surface area contributed by atoms with E-state index >= 15 is 0 Å². The van der Waals surface area contributed by atoms with Crippen LogP contribution in [0.15, 0.2) is 30.3 Å². The van der Waals surface area contributed by atoms with Gasteiger partial charge >= 0.3 is 0 Å². The largest absolute Gasteiger partial charge is 0.370 e. The van der Waals surface area contributed by atoms with E-state index in [1.165, 1.54) is 5.56 Å². The third kappa shape index (κ3) is 4.16. The quantitative estimate of drug-likeness (QED) is 0.767. The van der Waals surface area contributed by atoms with E-state index in [9.17, 15) is 4.79 Å². The summed E-state index contributed by atoms with van der Waals surface area (Å²) in [5.41, 5.74) is 1.15. The second-order valence-electron chi connectivity index (χ2n) is 7.12. The fourth-order valence-electron chi connectivity index (χ4n) is 3.25. The van der Waals surface area contributed by atoms with Crippen LogP contribution in [0.4, 0.5) is 0 Å². The molecule has 0 spiro atoms. The molecule has 0 heterocycles. The van der Waals surface area contributed by atoms with Crippen LogP contribution in [0.5, 0.6) is 0 Å². The Morgan fingerprint density at radius 2 is 1.71 bits per heavy atom. The lowest BCUT2D eigenvalue weighted by Crippen LogP contribution is -2.45. The molecule has 0 amide bonds. The second-order valence-corrected chi connectivity index (χ2v) is 7.12. The van der Waals surface area contributed by atoms with Crippen molar-refractivity contribution in [2.75, 3.05) is 7.11 Å². The molecule has 0 radical (unpaired) electrons. The summed E-state index contributed by atoms with van der Waals surface area (Å²) >= 11 is 0. The number of carbonyl (C=O) groups excluding carboxylic acids is 1. The molecule has 0 unspecified atom stereocenters. The highest BCUT2D eigenvalue weighted by Gasteiger charge is 2.43. The minimum absolute atomic E-state index is 0.302. The van der Waals surface area contributed by atoms with Crippen molar-refractivity contribution >= 4 is 5.78 Å². The molecule has 2 rings (SSSR count). The van der Waals surface area contributed by atoms with E-state index < -0.39 is 5.60 Å². The molecule has 0 atom stereocenters. The number of hydrogen-bond donors (Lipinski definition) is 0. The van der Waals surface area contributed by atoms with Crippen LogP contribution in [0.3, 0.4) is 0 Å². The Hall–Kier alpha value is -1.15. The van der Waals surface area contributed by atoms with Gasteiger partial charge in [0.05, 0.1) is 0 Å². The van der Waals surface area contributed by atoms with Crippen LogP contribution in [0.25, 0.3) is 0 Å². The van der Waals surface area contributed by atoms with Crippen molar-refractivity contribution in [3.05, 3.63) is 35.9 Å². The molecule has 116 valence electrons. The molecule has 1 fully saturated rings. The van der Waals surface area contributed by atoms with Crippen molar-refractivity contribution in [2.24, 2.45) is 5.41 Å². The van der Waals surface area contributed by atoms with Crippen LogP contribution in [0.1, 0.15) is 57.9 Å². The van der Waals surface area contributed by atoms with Crippen molar-refractivity contribution < 1.29 is 9.53 Å². The van der Waals surface area contributed by atoms with Crippen molar-refractivity contribution in [3.63, 3.8) is 0 Å². The summed E-state index contributed by atoms with van der Waals surface area (Å²) in [7, 11) is 1.70. The molecule has 21 heavy (non-hydrogen) atoms. The molecule has 0 N–H and O–H groups in total. The lowest BCUT2D eigenvalue weighted by molar-refractivity contribution is -0.148. The number of carbonyl (C=O) groups is 1. The van der Waals surface area contributed by atoms with Gasteiger partial charge in [-0.05, 0) is 49.5 Å². The zero-order valence-electron chi connectivity index (χ0n) is 13.7. The van der Waals surface area contributed by atoms with Crippen LogP contribution >= 0.6 is 0 Å². The van der Waals surface area contributed by atoms with Crippen molar-refractivity contribution in [1.82, 2.24) is 0 Å². The SMILES string of the molecule is COC1(C(=O)CCCc2ccccc2)CCC(C)(C)CC1. The molecule has 0 bridgehead atoms. The molecule has 1 aliphatic rings. The van der Waals surface area contributed by atoms with E-state index in [2.05, 4.69) is 38.1 Å². The number of ketones is 1. The maximum atomic E-state index is 12.6. The summed E-state index contributed by atoms with van der Waals surface area (Å²) in [5, 5.41) is 0. The molecular formula is C19H28O2. The van der Waals surface area contributed by atoms with Gasteiger partial charge in [-0.1, -0.05) is 44.2 Å². The van der Waals surface area contributed by atoms with Crippen LogP contribution in [0.2, 0.25) is 0 Å². The third-order valence-corrected chi connectivity index (χ3v) is 5.02. The summed E-state index contributed by atoms with van der Waals surface area (Å²) in [6.45, 7) is 4.57. The summed E-state index contributed by atoms with van der Waals surface area (Å²) < 4.78 is 5.69.